The van der Waals surface area contributed by atoms with Crippen molar-refractivity contribution in [2.75, 3.05) is 33.3 Å². The van der Waals surface area contributed by atoms with Crippen LogP contribution >= 0.6 is 0 Å². The van der Waals surface area contributed by atoms with E-state index in [0.717, 1.165) is 25.1 Å². The zero-order valence-electron chi connectivity index (χ0n) is 16.6. The van der Waals surface area contributed by atoms with Crippen molar-refractivity contribution in [1.29, 1.82) is 0 Å². The standard InChI is InChI=1S/C21H32N2O4/c1-3-4-5-6-10-13-22-14-15-23(19(16-22)20(24)26-2)21(25)27-17-18-11-8-7-9-12-18/h7-9,11-12,19H,3-6,10,13-17H2,1-2H3/t19-/m0/s1. The summed E-state index contributed by atoms with van der Waals surface area (Å²) in [5.41, 5.74) is 0.922. The summed E-state index contributed by atoms with van der Waals surface area (Å²) in [6, 6.07) is 8.92. The van der Waals surface area contributed by atoms with Crippen molar-refractivity contribution >= 4 is 12.1 Å². The molecule has 1 amide bonds. The molecule has 0 aliphatic carbocycles. The van der Waals surface area contributed by atoms with Crippen molar-refractivity contribution in [3.8, 4) is 0 Å². The van der Waals surface area contributed by atoms with Gasteiger partial charge in [-0.1, -0.05) is 62.9 Å². The molecule has 0 saturated carbocycles. The minimum Gasteiger partial charge on any atom is -0.467 e. The third kappa shape index (κ3) is 6.86. The molecule has 27 heavy (non-hydrogen) atoms. The van der Waals surface area contributed by atoms with Gasteiger partial charge >= 0.3 is 12.1 Å². The number of esters is 1. The van der Waals surface area contributed by atoms with Crippen LogP contribution in [0.5, 0.6) is 0 Å². The quantitative estimate of drug-likeness (QED) is 0.488. The molecule has 1 aromatic rings. The lowest BCUT2D eigenvalue weighted by Crippen LogP contribution is -2.58. The number of ether oxygens (including phenoxy) is 2. The minimum atomic E-state index is -0.609. The van der Waals surface area contributed by atoms with Gasteiger partial charge in [-0.05, 0) is 18.5 Å². The smallest absolute Gasteiger partial charge is 0.410 e. The van der Waals surface area contributed by atoms with E-state index in [0.29, 0.717) is 13.1 Å². The molecule has 150 valence electrons. The van der Waals surface area contributed by atoms with E-state index in [4.69, 9.17) is 9.47 Å². The molecule has 1 fully saturated rings. The lowest BCUT2D eigenvalue weighted by atomic mass is 10.1. The first-order valence-corrected chi connectivity index (χ1v) is 9.93. The van der Waals surface area contributed by atoms with Gasteiger partial charge in [0.05, 0.1) is 7.11 Å². The molecular weight excluding hydrogens is 344 g/mol. The Hall–Kier alpha value is -2.08. The second kappa shape index (κ2) is 11.6. The van der Waals surface area contributed by atoms with Crippen LogP contribution in [0.3, 0.4) is 0 Å². The van der Waals surface area contributed by atoms with E-state index < -0.39 is 12.1 Å². The van der Waals surface area contributed by atoms with Gasteiger partial charge in [-0.25, -0.2) is 9.59 Å². The molecule has 0 radical (unpaired) electrons. The molecule has 1 aliphatic heterocycles. The van der Waals surface area contributed by atoms with Crippen LogP contribution in [0.2, 0.25) is 0 Å². The summed E-state index contributed by atoms with van der Waals surface area (Å²) in [5.74, 6) is -0.387. The van der Waals surface area contributed by atoms with Crippen LogP contribution < -0.4 is 0 Å². The van der Waals surface area contributed by atoms with Crippen LogP contribution in [0.25, 0.3) is 0 Å². The summed E-state index contributed by atoms with van der Waals surface area (Å²) < 4.78 is 10.3. The van der Waals surface area contributed by atoms with Crippen LogP contribution in [0.15, 0.2) is 30.3 Å². The first-order valence-electron chi connectivity index (χ1n) is 9.93. The topological polar surface area (TPSA) is 59.1 Å². The van der Waals surface area contributed by atoms with Gasteiger partial charge in [-0.3, -0.25) is 9.80 Å². The zero-order chi connectivity index (χ0) is 19.5. The number of carbonyl (C=O) groups is 2. The lowest BCUT2D eigenvalue weighted by Gasteiger charge is -2.39. The second-order valence-corrected chi connectivity index (χ2v) is 6.99. The lowest BCUT2D eigenvalue weighted by molar-refractivity contribution is -0.148. The highest BCUT2D eigenvalue weighted by Gasteiger charge is 2.36. The Morgan fingerprint density at radius 2 is 1.81 bits per heavy atom. The number of nitrogens with zero attached hydrogens (tertiary/aromatic N) is 2. The van der Waals surface area contributed by atoms with E-state index in [9.17, 15) is 9.59 Å². The fourth-order valence-corrected chi connectivity index (χ4v) is 3.34. The van der Waals surface area contributed by atoms with Crippen molar-refractivity contribution in [1.82, 2.24) is 9.80 Å². The number of amides is 1. The fraction of sp³-hybridized carbons (Fsp3) is 0.619. The largest absolute Gasteiger partial charge is 0.467 e. The maximum Gasteiger partial charge on any atom is 0.410 e. The van der Waals surface area contributed by atoms with E-state index in [-0.39, 0.29) is 12.6 Å². The van der Waals surface area contributed by atoms with Crippen molar-refractivity contribution in [3.05, 3.63) is 35.9 Å². The first-order chi connectivity index (χ1) is 13.2. The summed E-state index contributed by atoms with van der Waals surface area (Å²) in [6.45, 7) is 5.08. The molecule has 0 spiro atoms. The molecular formula is C21H32N2O4. The summed E-state index contributed by atoms with van der Waals surface area (Å²) in [7, 11) is 1.36. The van der Waals surface area contributed by atoms with E-state index in [1.807, 2.05) is 30.3 Å². The molecule has 1 atom stereocenters. The average molecular weight is 376 g/mol. The zero-order valence-corrected chi connectivity index (χ0v) is 16.6. The Labute approximate surface area is 162 Å². The number of hydrogen-bond acceptors (Lipinski definition) is 5. The number of methoxy groups -OCH3 is 1. The van der Waals surface area contributed by atoms with Crippen LogP contribution in [0.1, 0.15) is 44.6 Å². The first kappa shape index (κ1) is 21.2. The molecule has 2 rings (SSSR count). The maximum atomic E-state index is 12.5. The number of carbonyl (C=O) groups excluding carboxylic acids is 2. The van der Waals surface area contributed by atoms with Crippen LogP contribution in [0, 0.1) is 0 Å². The normalized spacial score (nSPS) is 17.6. The number of rotatable bonds is 9. The SMILES string of the molecule is CCCCCCCN1CCN(C(=O)OCc2ccccc2)[C@H](C(=O)OC)C1. The van der Waals surface area contributed by atoms with Crippen molar-refractivity contribution in [2.45, 2.75) is 51.7 Å². The molecule has 0 unspecified atom stereocenters. The van der Waals surface area contributed by atoms with E-state index in [2.05, 4.69) is 11.8 Å². The van der Waals surface area contributed by atoms with Crippen molar-refractivity contribution < 1.29 is 19.1 Å². The molecule has 1 heterocycles. The van der Waals surface area contributed by atoms with Gasteiger partial charge in [0.25, 0.3) is 0 Å². The molecule has 0 N–H and O–H groups in total. The van der Waals surface area contributed by atoms with Gasteiger partial charge in [0.1, 0.15) is 12.6 Å². The van der Waals surface area contributed by atoms with Gasteiger partial charge in [-0.15, -0.1) is 0 Å². The highest BCUT2D eigenvalue weighted by atomic mass is 16.6. The third-order valence-electron chi connectivity index (χ3n) is 4.96. The van der Waals surface area contributed by atoms with E-state index >= 15 is 0 Å². The number of benzene rings is 1. The van der Waals surface area contributed by atoms with Gasteiger partial charge in [-0.2, -0.15) is 0 Å². The molecule has 1 aromatic carbocycles. The fourth-order valence-electron chi connectivity index (χ4n) is 3.34. The minimum absolute atomic E-state index is 0.200. The summed E-state index contributed by atoms with van der Waals surface area (Å²) in [6.07, 6.45) is 5.61. The van der Waals surface area contributed by atoms with Gasteiger partial charge in [0.15, 0.2) is 0 Å². The summed E-state index contributed by atoms with van der Waals surface area (Å²) in [4.78, 5) is 28.5. The van der Waals surface area contributed by atoms with Crippen LogP contribution in [0.4, 0.5) is 4.79 Å². The third-order valence-corrected chi connectivity index (χ3v) is 4.96. The molecule has 6 heteroatoms. The molecule has 6 nitrogen and oxygen atoms in total. The van der Waals surface area contributed by atoms with E-state index in [1.54, 1.807) is 0 Å². The Balaban J connectivity index is 1.86. The number of piperazine rings is 1. The van der Waals surface area contributed by atoms with Gasteiger partial charge < -0.3 is 9.47 Å². The summed E-state index contributed by atoms with van der Waals surface area (Å²) in [5, 5.41) is 0. The Morgan fingerprint density at radius 1 is 1.07 bits per heavy atom. The van der Waals surface area contributed by atoms with Crippen LogP contribution in [-0.2, 0) is 20.9 Å². The molecule has 1 aliphatic rings. The Kier molecular flexibility index (Phi) is 9.11. The van der Waals surface area contributed by atoms with Crippen molar-refractivity contribution in [2.24, 2.45) is 0 Å². The predicted octanol–water partition coefficient (Wildman–Crippen LogP) is 3.45. The monoisotopic (exact) mass is 376 g/mol. The average Bonchev–Trinajstić information content (AvgIpc) is 2.72. The summed E-state index contributed by atoms with van der Waals surface area (Å²) >= 11 is 0. The Bertz CT molecular complexity index is 579. The highest BCUT2D eigenvalue weighted by molar-refractivity contribution is 5.82. The van der Waals surface area contributed by atoms with Crippen molar-refractivity contribution in [3.63, 3.8) is 0 Å². The molecule has 1 saturated heterocycles. The maximum absolute atomic E-state index is 12.5. The highest BCUT2D eigenvalue weighted by Crippen LogP contribution is 2.15. The molecule has 0 aromatic heterocycles. The Morgan fingerprint density at radius 3 is 2.52 bits per heavy atom. The number of unbranched alkanes of at least 4 members (excludes halogenated alkanes) is 4. The second-order valence-electron chi connectivity index (χ2n) is 6.99. The van der Waals surface area contributed by atoms with E-state index in [1.165, 1.54) is 37.7 Å². The molecule has 0 bridgehead atoms. The predicted molar refractivity (Wildman–Crippen MR) is 104 cm³/mol. The number of hydrogen-bond donors (Lipinski definition) is 0. The van der Waals surface area contributed by atoms with Gasteiger partial charge in [0.2, 0.25) is 0 Å². The van der Waals surface area contributed by atoms with Gasteiger partial charge in [0, 0.05) is 19.6 Å². The van der Waals surface area contributed by atoms with Crippen LogP contribution in [-0.4, -0.2) is 61.2 Å².